The molecule has 2 N–H and O–H groups in total. The standard InChI is InChI=1S/C20H28N4/c1-2-15-13-21-23-20(15)17-9-11-24(12-10-17)14-18-8-7-16-5-3-4-6-19(16)22-18/h3-8,15,17,20-21,23H,2,9-14H2,1H3. The minimum Gasteiger partial charge on any atom is -0.297 e. The maximum absolute atomic E-state index is 4.83. The van der Waals surface area contributed by atoms with Crippen LogP contribution in [0.25, 0.3) is 10.9 Å². The van der Waals surface area contributed by atoms with E-state index in [1.165, 1.54) is 43.4 Å². The molecule has 4 nitrogen and oxygen atoms in total. The number of nitrogens with one attached hydrogen (secondary N) is 2. The lowest BCUT2D eigenvalue weighted by Gasteiger charge is -2.36. The number of hydrazine groups is 1. The van der Waals surface area contributed by atoms with Gasteiger partial charge in [-0.05, 0) is 49.9 Å². The molecule has 128 valence electrons. The summed E-state index contributed by atoms with van der Waals surface area (Å²) in [5.74, 6) is 1.61. The second kappa shape index (κ2) is 7.18. The van der Waals surface area contributed by atoms with Crippen LogP contribution < -0.4 is 10.9 Å². The molecule has 0 aliphatic carbocycles. The smallest absolute Gasteiger partial charge is 0.0705 e. The van der Waals surface area contributed by atoms with Gasteiger partial charge in [-0.2, -0.15) is 0 Å². The Morgan fingerprint density at radius 1 is 1.12 bits per heavy atom. The molecule has 2 atom stereocenters. The second-order valence-corrected chi connectivity index (χ2v) is 7.33. The molecule has 0 radical (unpaired) electrons. The molecule has 4 rings (SSSR count). The van der Waals surface area contributed by atoms with Crippen LogP contribution in [0.4, 0.5) is 0 Å². The topological polar surface area (TPSA) is 40.2 Å². The molecule has 2 unspecified atom stereocenters. The highest BCUT2D eigenvalue weighted by molar-refractivity contribution is 5.78. The third-order valence-corrected chi connectivity index (χ3v) is 5.85. The number of nitrogens with zero attached hydrogens (tertiary/aromatic N) is 2. The molecule has 0 bridgehead atoms. The van der Waals surface area contributed by atoms with Crippen molar-refractivity contribution in [1.29, 1.82) is 0 Å². The zero-order valence-corrected chi connectivity index (χ0v) is 14.5. The molecule has 2 aliphatic heterocycles. The van der Waals surface area contributed by atoms with Gasteiger partial charge in [-0.15, -0.1) is 0 Å². The van der Waals surface area contributed by atoms with E-state index < -0.39 is 0 Å². The lowest BCUT2D eigenvalue weighted by molar-refractivity contribution is 0.142. The number of likely N-dealkylation sites (tertiary alicyclic amines) is 1. The zero-order valence-electron chi connectivity index (χ0n) is 14.5. The Hall–Kier alpha value is -1.49. The third kappa shape index (κ3) is 3.32. The number of aromatic nitrogens is 1. The lowest BCUT2D eigenvalue weighted by Crippen LogP contribution is -2.44. The van der Waals surface area contributed by atoms with Crippen molar-refractivity contribution in [2.45, 2.75) is 38.8 Å². The number of hydrogen-bond donors (Lipinski definition) is 2. The summed E-state index contributed by atoms with van der Waals surface area (Å²) in [7, 11) is 0. The summed E-state index contributed by atoms with van der Waals surface area (Å²) >= 11 is 0. The van der Waals surface area contributed by atoms with Crippen molar-refractivity contribution in [2.75, 3.05) is 19.6 Å². The van der Waals surface area contributed by atoms with Crippen LogP contribution in [-0.2, 0) is 6.54 Å². The molecule has 2 fully saturated rings. The van der Waals surface area contributed by atoms with Crippen molar-refractivity contribution in [3.05, 3.63) is 42.1 Å². The van der Waals surface area contributed by atoms with Crippen molar-refractivity contribution >= 4 is 10.9 Å². The van der Waals surface area contributed by atoms with Gasteiger partial charge in [0.2, 0.25) is 0 Å². The Kier molecular flexibility index (Phi) is 4.79. The summed E-state index contributed by atoms with van der Waals surface area (Å²) in [6.07, 6.45) is 3.86. The van der Waals surface area contributed by atoms with Gasteiger partial charge in [0.25, 0.3) is 0 Å². The van der Waals surface area contributed by atoms with Gasteiger partial charge in [-0.25, -0.2) is 0 Å². The first-order valence-corrected chi connectivity index (χ1v) is 9.39. The SMILES string of the molecule is CCC1CNNC1C1CCN(Cc2ccc3ccccc3n2)CC1. The fraction of sp³-hybridized carbons (Fsp3) is 0.550. The van der Waals surface area contributed by atoms with Crippen molar-refractivity contribution in [3.8, 4) is 0 Å². The van der Waals surface area contributed by atoms with Gasteiger partial charge < -0.3 is 0 Å². The molecular formula is C20H28N4. The van der Waals surface area contributed by atoms with E-state index in [9.17, 15) is 0 Å². The summed E-state index contributed by atoms with van der Waals surface area (Å²) in [6, 6.07) is 13.4. The normalized spacial score (nSPS) is 26.2. The maximum Gasteiger partial charge on any atom is 0.0705 e. The van der Waals surface area contributed by atoms with Crippen LogP contribution >= 0.6 is 0 Å². The van der Waals surface area contributed by atoms with E-state index in [2.05, 4.69) is 59.1 Å². The second-order valence-electron chi connectivity index (χ2n) is 7.33. The number of fused-ring (bicyclic) bond motifs is 1. The van der Waals surface area contributed by atoms with Gasteiger partial charge in [0.15, 0.2) is 0 Å². The molecule has 0 spiro atoms. The average Bonchev–Trinajstić information content (AvgIpc) is 3.11. The van der Waals surface area contributed by atoms with E-state index in [4.69, 9.17) is 4.98 Å². The highest BCUT2D eigenvalue weighted by Gasteiger charge is 2.34. The molecule has 2 aliphatic rings. The monoisotopic (exact) mass is 324 g/mol. The van der Waals surface area contributed by atoms with Crippen LogP contribution in [0.5, 0.6) is 0 Å². The summed E-state index contributed by atoms with van der Waals surface area (Å²) in [6.45, 7) is 6.79. The Labute approximate surface area is 144 Å². The van der Waals surface area contributed by atoms with Gasteiger partial charge in [-0.1, -0.05) is 37.6 Å². The number of pyridine rings is 1. The molecule has 3 heterocycles. The fourth-order valence-corrected chi connectivity index (χ4v) is 4.35. The van der Waals surface area contributed by atoms with E-state index >= 15 is 0 Å². The Bertz CT molecular complexity index is 678. The van der Waals surface area contributed by atoms with E-state index in [-0.39, 0.29) is 0 Å². The first kappa shape index (κ1) is 16.0. The third-order valence-electron chi connectivity index (χ3n) is 5.85. The van der Waals surface area contributed by atoms with Crippen molar-refractivity contribution < 1.29 is 0 Å². The molecule has 1 aromatic carbocycles. The van der Waals surface area contributed by atoms with Gasteiger partial charge in [-0.3, -0.25) is 20.7 Å². The van der Waals surface area contributed by atoms with Gasteiger partial charge in [0.1, 0.15) is 0 Å². The molecule has 0 saturated carbocycles. The summed E-state index contributed by atoms with van der Waals surface area (Å²) < 4.78 is 0. The van der Waals surface area contributed by atoms with E-state index in [1.807, 2.05) is 0 Å². The molecule has 2 aromatic rings. The largest absolute Gasteiger partial charge is 0.297 e. The van der Waals surface area contributed by atoms with Crippen LogP contribution in [0.1, 0.15) is 31.9 Å². The van der Waals surface area contributed by atoms with Crippen LogP contribution in [0.2, 0.25) is 0 Å². The summed E-state index contributed by atoms with van der Waals surface area (Å²) in [5.41, 5.74) is 9.20. The molecule has 0 amide bonds. The quantitative estimate of drug-likeness (QED) is 0.907. The van der Waals surface area contributed by atoms with Crippen molar-refractivity contribution in [3.63, 3.8) is 0 Å². The predicted octanol–water partition coefficient (Wildman–Crippen LogP) is 2.95. The van der Waals surface area contributed by atoms with Crippen LogP contribution in [0.3, 0.4) is 0 Å². The number of hydrogen-bond acceptors (Lipinski definition) is 4. The first-order valence-electron chi connectivity index (χ1n) is 9.39. The lowest BCUT2D eigenvalue weighted by atomic mass is 9.82. The van der Waals surface area contributed by atoms with Crippen molar-refractivity contribution in [1.82, 2.24) is 20.7 Å². The van der Waals surface area contributed by atoms with Crippen LogP contribution in [0.15, 0.2) is 36.4 Å². The van der Waals surface area contributed by atoms with E-state index in [0.717, 1.165) is 30.4 Å². The van der Waals surface area contributed by atoms with E-state index in [0.29, 0.717) is 6.04 Å². The fourth-order valence-electron chi connectivity index (χ4n) is 4.35. The number of benzene rings is 1. The van der Waals surface area contributed by atoms with Gasteiger partial charge >= 0.3 is 0 Å². The van der Waals surface area contributed by atoms with E-state index in [1.54, 1.807) is 0 Å². The predicted molar refractivity (Wildman–Crippen MR) is 98.5 cm³/mol. The number of para-hydroxylation sites is 1. The molecular weight excluding hydrogens is 296 g/mol. The van der Waals surface area contributed by atoms with Gasteiger partial charge in [0, 0.05) is 24.5 Å². The Morgan fingerprint density at radius 3 is 2.79 bits per heavy atom. The first-order chi connectivity index (χ1) is 11.8. The highest BCUT2D eigenvalue weighted by Crippen LogP contribution is 2.28. The van der Waals surface area contributed by atoms with Crippen LogP contribution in [0, 0.1) is 11.8 Å². The molecule has 24 heavy (non-hydrogen) atoms. The highest BCUT2D eigenvalue weighted by atomic mass is 15.4. The number of piperidine rings is 1. The Balaban J connectivity index is 1.35. The van der Waals surface area contributed by atoms with Gasteiger partial charge in [0.05, 0.1) is 11.2 Å². The molecule has 2 saturated heterocycles. The summed E-state index contributed by atoms with van der Waals surface area (Å²) in [5, 5.41) is 1.23. The Morgan fingerprint density at radius 2 is 1.96 bits per heavy atom. The minimum absolute atomic E-state index is 0.663. The summed E-state index contributed by atoms with van der Waals surface area (Å²) in [4.78, 5) is 7.39. The number of rotatable bonds is 4. The average molecular weight is 324 g/mol. The van der Waals surface area contributed by atoms with Crippen molar-refractivity contribution in [2.24, 2.45) is 11.8 Å². The zero-order chi connectivity index (χ0) is 16.4. The minimum atomic E-state index is 0.663. The van der Waals surface area contributed by atoms with Crippen LogP contribution in [-0.4, -0.2) is 35.6 Å². The maximum atomic E-state index is 4.83. The molecule has 1 aromatic heterocycles. The molecule has 4 heteroatoms.